The Kier molecular flexibility index (Phi) is 4.30. The molecule has 0 spiro atoms. The number of carbonyl (C=O) groups is 1. The molecule has 0 bridgehead atoms. The average molecular weight is 332 g/mol. The van der Waals surface area contributed by atoms with Crippen molar-refractivity contribution in [3.63, 3.8) is 0 Å². The maximum Gasteiger partial charge on any atom is 0.241 e. The number of nitrogens with one attached hydrogen (secondary N) is 1. The number of nitriles is 1. The smallest absolute Gasteiger partial charge is 0.241 e. The van der Waals surface area contributed by atoms with E-state index in [0.717, 1.165) is 8.95 Å². The van der Waals surface area contributed by atoms with E-state index in [0.29, 0.717) is 5.69 Å². The molecule has 0 saturated carbocycles. The van der Waals surface area contributed by atoms with Crippen LogP contribution >= 0.6 is 31.9 Å². The first-order chi connectivity index (χ1) is 7.04. The molecular formula is C10H8Br2N2O. The van der Waals surface area contributed by atoms with Gasteiger partial charge in [0.15, 0.2) is 0 Å². The zero-order valence-corrected chi connectivity index (χ0v) is 11.1. The quantitative estimate of drug-likeness (QED) is 0.903. The lowest BCUT2D eigenvalue weighted by molar-refractivity contribution is -0.117. The van der Waals surface area contributed by atoms with Gasteiger partial charge < -0.3 is 5.32 Å². The van der Waals surface area contributed by atoms with E-state index in [-0.39, 0.29) is 5.91 Å². The minimum absolute atomic E-state index is 0.309. The first-order valence-electron chi connectivity index (χ1n) is 4.20. The van der Waals surface area contributed by atoms with Gasteiger partial charge in [0.25, 0.3) is 0 Å². The van der Waals surface area contributed by atoms with Crippen molar-refractivity contribution in [2.24, 2.45) is 5.92 Å². The highest BCUT2D eigenvalue weighted by Gasteiger charge is 2.12. The zero-order valence-electron chi connectivity index (χ0n) is 7.92. The van der Waals surface area contributed by atoms with E-state index in [1.54, 1.807) is 13.0 Å². The second kappa shape index (κ2) is 5.29. The summed E-state index contributed by atoms with van der Waals surface area (Å²) in [5, 5.41) is 11.2. The van der Waals surface area contributed by atoms with E-state index in [1.807, 2.05) is 18.2 Å². The van der Waals surface area contributed by atoms with Crippen LogP contribution in [0.4, 0.5) is 5.69 Å². The molecule has 0 radical (unpaired) electrons. The SMILES string of the molecule is CC(C#N)C(=O)Nc1cc(Br)ccc1Br. The van der Waals surface area contributed by atoms with E-state index in [1.165, 1.54) is 0 Å². The van der Waals surface area contributed by atoms with Crippen LogP contribution < -0.4 is 5.32 Å². The Morgan fingerprint density at radius 1 is 1.53 bits per heavy atom. The molecule has 0 saturated heterocycles. The molecule has 1 aromatic rings. The Morgan fingerprint density at radius 2 is 2.20 bits per heavy atom. The number of halogens is 2. The molecule has 0 aliphatic carbocycles. The Bertz CT molecular complexity index is 426. The third-order valence-corrected chi connectivity index (χ3v) is 2.96. The molecular weight excluding hydrogens is 324 g/mol. The molecule has 1 atom stereocenters. The molecule has 1 amide bonds. The fourth-order valence-corrected chi connectivity index (χ4v) is 1.60. The summed E-state index contributed by atoms with van der Waals surface area (Å²) >= 11 is 6.61. The van der Waals surface area contributed by atoms with E-state index in [9.17, 15) is 4.79 Å². The molecule has 78 valence electrons. The van der Waals surface area contributed by atoms with Crippen LogP contribution in [0.5, 0.6) is 0 Å². The summed E-state index contributed by atoms with van der Waals surface area (Å²) in [5.74, 6) is -0.966. The van der Waals surface area contributed by atoms with Crippen molar-refractivity contribution in [2.45, 2.75) is 6.92 Å². The highest BCUT2D eigenvalue weighted by molar-refractivity contribution is 9.11. The number of hydrogen-bond acceptors (Lipinski definition) is 2. The Labute approximate surface area is 105 Å². The first kappa shape index (κ1) is 12.2. The predicted molar refractivity (Wildman–Crippen MR) is 65.2 cm³/mol. The first-order valence-corrected chi connectivity index (χ1v) is 5.78. The fourth-order valence-electron chi connectivity index (χ4n) is 0.893. The number of carbonyl (C=O) groups excluding carboxylic acids is 1. The summed E-state index contributed by atoms with van der Waals surface area (Å²) in [4.78, 5) is 11.4. The summed E-state index contributed by atoms with van der Waals surface area (Å²) in [6.07, 6.45) is 0. The zero-order chi connectivity index (χ0) is 11.4. The third kappa shape index (κ3) is 3.33. The van der Waals surface area contributed by atoms with Crippen LogP contribution in [-0.2, 0) is 4.79 Å². The van der Waals surface area contributed by atoms with Gasteiger partial charge >= 0.3 is 0 Å². The van der Waals surface area contributed by atoms with Crippen LogP contribution in [0.25, 0.3) is 0 Å². The van der Waals surface area contributed by atoms with Crippen molar-refractivity contribution in [1.29, 1.82) is 5.26 Å². The predicted octanol–water partition coefficient (Wildman–Crippen LogP) is 3.31. The maximum atomic E-state index is 11.4. The van der Waals surface area contributed by atoms with Crippen molar-refractivity contribution in [1.82, 2.24) is 0 Å². The van der Waals surface area contributed by atoms with Gasteiger partial charge in [0.1, 0.15) is 5.92 Å². The number of anilines is 1. The molecule has 1 rings (SSSR count). The van der Waals surface area contributed by atoms with Crippen LogP contribution in [-0.4, -0.2) is 5.91 Å². The standard InChI is InChI=1S/C10H8Br2N2O/c1-6(5-13)10(15)14-9-4-7(11)2-3-8(9)12/h2-4,6H,1H3,(H,14,15). The lowest BCUT2D eigenvalue weighted by atomic mass is 10.2. The number of amides is 1. The Hall–Kier alpha value is -0.860. The molecule has 0 aliphatic rings. The van der Waals surface area contributed by atoms with Crippen molar-refractivity contribution >= 4 is 43.5 Å². The molecule has 1 unspecified atom stereocenters. The summed E-state index contributed by atoms with van der Waals surface area (Å²) in [7, 11) is 0. The van der Waals surface area contributed by atoms with E-state index < -0.39 is 5.92 Å². The minimum Gasteiger partial charge on any atom is -0.324 e. The van der Waals surface area contributed by atoms with Crippen LogP contribution in [0.2, 0.25) is 0 Å². The average Bonchev–Trinajstić information content (AvgIpc) is 2.22. The van der Waals surface area contributed by atoms with E-state index in [2.05, 4.69) is 37.2 Å². The van der Waals surface area contributed by atoms with Crippen molar-refractivity contribution in [3.8, 4) is 6.07 Å². The summed E-state index contributed by atoms with van der Waals surface area (Å²) in [5.41, 5.74) is 0.650. The topological polar surface area (TPSA) is 52.9 Å². The number of benzene rings is 1. The van der Waals surface area contributed by atoms with Crippen LogP contribution in [0, 0.1) is 17.2 Å². The molecule has 0 aromatic heterocycles. The van der Waals surface area contributed by atoms with Gasteiger partial charge in [-0.05, 0) is 41.1 Å². The molecule has 1 N–H and O–H groups in total. The molecule has 3 nitrogen and oxygen atoms in total. The molecule has 5 heteroatoms. The van der Waals surface area contributed by atoms with Crippen molar-refractivity contribution < 1.29 is 4.79 Å². The van der Waals surface area contributed by atoms with Crippen LogP contribution in [0.15, 0.2) is 27.1 Å². The van der Waals surface area contributed by atoms with Gasteiger partial charge in [-0.1, -0.05) is 15.9 Å². The number of rotatable bonds is 2. The molecule has 0 heterocycles. The van der Waals surface area contributed by atoms with Gasteiger partial charge in [0.2, 0.25) is 5.91 Å². The minimum atomic E-state index is -0.657. The number of nitrogens with zero attached hydrogens (tertiary/aromatic N) is 1. The lowest BCUT2D eigenvalue weighted by Gasteiger charge is -2.08. The van der Waals surface area contributed by atoms with Gasteiger partial charge in [-0.3, -0.25) is 4.79 Å². The summed E-state index contributed by atoms with van der Waals surface area (Å²) in [6.45, 7) is 1.56. The van der Waals surface area contributed by atoms with Gasteiger partial charge in [0.05, 0.1) is 11.8 Å². The van der Waals surface area contributed by atoms with Gasteiger partial charge in [0, 0.05) is 8.95 Å². The lowest BCUT2D eigenvalue weighted by Crippen LogP contribution is -2.19. The monoisotopic (exact) mass is 330 g/mol. The van der Waals surface area contributed by atoms with Crippen LogP contribution in [0.1, 0.15) is 6.92 Å². The van der Waals surface area contributed by atoms with Crippen LogP contribution in [0.3, 0.4) is 0 Å². The highest BCUT2D eigenvalue weighted by atomic mass is 79.9. The highest BCUT2D eigenvalue weighted by Crippen LogP contribution is 2.26. The summed E-state index contributed by atoms with van der Waals surface area (Å²) < 4.78 is 1.65. The van der Waals surface area contributed by atoms with E-state index >= 15 is 0 Å². The normalized spacial score (nSPS) is 11.6. The summed E-state index contributed by atoms with van der Waals surface area (Å²) in [6, 6.07) is 7.32. The van der Waals surface area contributed by atoms with Crippen molar-refractivity contribution in [2.75, 3.05) is 5.32 Å². The van der Waals surface area contributed by atoms with E-state index in [4.69, 9.17) is 5.26 Å². The Balaban J connectivity index is 2.86. The second-order valence-corrected chi connectivity index (χ2v) is 4.73. The molecule has 1 aromatic carbocycles. The van der Waals surface area contributed by atoms with Gasteiger partial charge in [-0.2, -0.15) is 5.26 Å². The van der Waals surface area contributed by atoms with Gasteiger partial charge in [-0.15, -0.1) is 0 Å². The number of hydrogen-bond donors (Lipinski definition) is 1. The molecule has 15 heavy (non-hydrogen) atoms. The fraction of sp³-hybridized carbons (Fsp3) is 0.200. The largest absolute Gasteiger partial charge is 0.324 e. The van der Waals surface area contributed by atoms with Gasteiger partial charge in [-0.25, -0.2) is 0 Å². The van der Waals surface area contributed by atoms with Crippen molar-refractivity contribution in [3.05, 3.63) is 27.1 Å². The molecule has 0 aliphatic heterocycles. The maximum absolute atomic E-state index is 11.4. The Morgan fingerprint density at radius 3 is 2.80 bits per heavy atom. The molecule has 0 fully saturated rings. The second-order valence-electron chi connectivity index (χ2n) is 2.96. The third-order valence-electron chi connectivity index (χ3n) is 1.77.